The van der Waals surface area contributed by atoms with Gasteiger partial charge in [-0.15, -0.1) is 0 Å². The van der Waals surface area contributed by atoms with Crippen molar-refractivity contribution in [3.8, 4) is 5.75 Å². The smallest absolute Gasteiger partial charge is 0.178 e. The van der Waals surface area contributed by atoms with Gasteiger partial charge in [-0.25, -0.2) is 8.42 Å². The molecule has 0 aromatic heterocycles. The molecule has 2 aromatic rings. The van der Waals surface area contributed by atoms with Gasteiger partial charge in [0, 0.05) is 6.61 Å². The van der Waals surface area contributed by atoms with Crippen LogP contribution in [0.1, 0.15) is 185 Å². The molecule has 0 heterocycles. The van der Waals surface area contributed by atoms with Crippen molar-refractivity contribution < 1.29 is 18.3 Å². The van der Waals surface area contributed by atoms with Crippen LogP contribution in [0.25, 0.3) is 12.2 Å². The topological polar surface area (TPSA) is 63.6 Å². The molecule has 0 amide bonds. The summed E-state index contributed by atoms with van der Waals surface area (Å²) in [6, 6.07) is 15.4. The fraction of sp³-hybridized carbons (Fsp3) is 0.682. The largest absolute Gasteiger partial charge is 0.494 e. The molecule has 0 radical (unpaired) electrons. The van der Waals surface area contributed by atoms with Crippen LogP contribution < -0.4 is 4.74 Å². The first-order valence-corrected chi connectivity index (χ1v) is 22.0. The molecule has 1 N–H and O–H groups in total. The highest BCUT2D eigenvalue weighted by atomic mass is 32.2. The molecule has 5 heteroatoms. The van der Waals surface area contributed by atoms with Gasteiger partial charge in [0.05, 0.1) is 17.3 Å². The molecule has 49 heavy (non-hydrogen) atoms. The molecule has 0 spiro atoms. The number of sulfone groups is 1. The van der Waals surface area contributed by atoms with Crippen molar-refractivity contribution in [2.24, 2.45) is 0 Å². The van der Waals surface area contributed by atoms with Gasteiger partial charge in [0.2, 0.25) is 0 Å². The average molecular weight is 697 g/mol. The Kier molecular flexibility index (Phi) is 26.0. The second-order valence-electron chi connectivity index (χ2n) is 14.2. The molecule has 0 fully saturated rings. The fourth-order valence-corrected chi connectivity index (χ4v) is 7.80. The van der Waals surface area contributed by atoms with Gasteiger partial charge in [0.15, 0.2) is 9.84 Å². The maximum Gasteiger partial charge on any atom is 0.178 e. The van der Waals surface area contributed by atoms with Crippen LogP contribution in [0.4, 0.5) is 0 Å². The molecular formula is C44H72O4S. The SMILES string of the molecule is CCCCCCCCCCCCCCCCCCCCCCOc1ccc(C=Cc2ccc(S(=O)(=O)CCCCCCCCO)cc2)cc1. The molecule has 0 saturated carbocycles. The van der Waals surface area contributed by atoms with Crippen LogP contribution >= 0.6 is 0 Å². The van der Waals surface area contributed by atoms with E-state index in [0.717, 1.165) is 62.0 Å². The first-order chi connectivity index (χ1) is 24.0. The van der Waals surface area contributed by atoms with E-state index in [1.54, 1.807) is 12.1 Å². The van der Waals surface area contributed by atoms with Gasteiger partial charge in [-0.05, 0) is 54.7 Å². The van der Waals surface area contributed by atoms with Crippen LogP contribution in [0.2, 0.25) is 0 Å². The molecule has 0 unspecified atom stereocenters. The van der Waals surface area contributed by atoms with E-state index in [2.05, 4.69) is 19.1 Å². The Bertz CT molecular complexity index is 1150. The summed E-state index contributed by atoms with van der Waals surface area (Å²) >= 11 is 0. The minimum absolute atomic E-state index is 0.191. The molecule has 278 valence electrons. The highest BCUT2D eigenvalue weighted by Crippen LogP contribution is 2.19. The minimum atomic E-state index is -3.25. The lowest BCUT2D eigenvalue weighted by atomic mass is 10.0. The van der Waals surface area contributed by atoms with Gasteiger partial charge >= 0.3 is 0 Å². The molecule has 0 aliphatic rings. The Morgan fingerprint density at radius 2 is 0.857 bits per heavy atom. The third-order valence-electron chi connectivity index (χ3n) is 9.68. The lowest BCUT2D eigenvalue weighted by Crippen LogP contribution is -2.06. The van der Waals surface area contributed by atoms with Crippen molar-refractivity contribution in [2.45, 2.75) is 179 Å². The zero-order valence-electron chi connectivity index (χ0n) is 31.4. The van der Waals surface area contributed by atoms with Crippen LogP contribution in [0, 0.1) is 0 Å². The Hall–Kier alpha value is -2.11. The number of rotatable bonds is 33. The summed E-state index contributed by atoms with van der Waals surface area (Å²) in [5, 5.41) is 8.84. The molecule has 2 rings (SSSR count). The Morgan fingerprint density at radius 3 is 1.29 bits per heavy atom. The Morgan fingerprint density at radius 1 is 0.490 bits per heavy atom. The first kappa shape index (κ1) is 43.1. The van der Waals surface area contributed by atoms with E-state index >= 15 is 0 Å². The van der Waals surface area contributed by atoms with Gasteiger partial charge in [-0.2, -0.15) is 0 Å². The second-order valence-corrected chi connectivity index (χ2v) is 16.3. The summed E-state index contributed by atoms with van der Waals surface area (Å²) < 4.78 is 31.3. The summed E-state index contributed by atoms with van der Waals surface area (Å²) in [5.41, 5.74) is 2.06. The molecular weight excluding hydrogens is 625 g/mol. The number of benzene rings is 2. The van der Waals surface area contributed by atoms with Gasteiger partial charge in [0.25, 0.3) is 0 Å². The lowest BCUT2D eigenvalue weighted by molar-refractivity contribution is 0.282. The Labute approximate surface area is 302 Å². The van der Waals surface area contributed by atoms with Gasteiger partial charge < -0.3 is 9.84 Å². The number of unbranched alkanes of at least 4 members (excludes halogenated alkanes) is 24. The second kappa shape index (κ2) is 29.6. The molecule has 0 bridgehead atoms. The summed E-state index contributed by atoms with van der Waals surface area (Å²) in [6.45, 7) is 3.30. The maximum atomic E-state index is 12.7. The number of aliphatic hydroxyl groups excluding tert-OH is 1. The minimum Gasteiger partial charge on any atom is -0.494 e. The molecule has 0 atom stereocenters. The number of aliphatic hydroxyl groups is 1. The zero-order chi connectivity index (χ0) is 35.1. The first-order valence-electron chi connectivity index (χ1n) is 20.4. The monoisotopic (exact) mass is 697 g/mol. The zero-order valence-corrected chi connectivity index (χ0v) is 32.2. The number of ether oxygens (including phenoxy) is 1. The van der Waals surface area contributed by atoms with E-state index in [9.17, 15) is 8.42 Å². The van der Waals surface area contributed by atoms with Crippen molar-refractivity contribution in [3.05, 3.63) is 59.7 Å². The molecule has 2 aromatic carbocycles. The summed E-state index contributed by atoms with van der Waals surface area (Å²) in [4.78, 5) is 0.395. The van der Waals surface area contributed by atoms with Crippen molar-refractivity contribution in [2.75, 3.05) is 19.0 Å². The van der Waals surface area contributed by atoms with Crippen LogP contribution in [0.15, 0.2) is 53.4 Å². The van der Waals surface area contributed by atoms with E-state index in [-0.39, 0.29) is 12.4 Å². The maximum absolute atomic E-state index is 12.7. The van der Waals surface area contributed by atoms with E-state index in [0.29, 0.717) is 11.3 Å². The van der Waals surface area contributed by atoms with Crippen molar-refractivity contribution in [3.63, 3.8) is 0 Å². The highest BCUT2D eigenvalue weighted by molar-refractivity contribution is 7.91. The van der Waals surface area contributed by atoms with Crippen LogP contribution in [-0.4, -0.2) is 32.5 Å². The summed E-state index contributed by atoms with van der Waals surface area (Å²) in [6.07, 6.45) is 37.4. The predicted molar refractivity (Wildman–Crippen MR) is 212 cm³/mol. The quantitative estimate of drug-likeness (QED) is 0.0596. The highest BCUT2D eigenvalue weighted by Gasteiger charge is 2.13. The van der Waals surface area contributed by atoms with Gasteiger partial charge in [-0.1, -0.05) is 191 Å². The standard InChI is InChI=1S/C44H72O4S/c1-2-3-4-5-6-7-8-9-10-11-12-13-14-15-16-17-18-20-23-26-39-48-43-34-30-41(31-35-43)28-29-42-32-36-44(37-33-42)49(46,47)40-27-24-21-19-22-25-38-45/h28-37,45H,2-27,38-40H2,1H3. The summed E-state index contributed by atoms with van der Waals surface area (Å²) in [7, 11) is -3.25. The van der Waals surface area contributed by atoms with Crippen LogP contribution in [0.5, 0.6) is 5.75 Å². The van der Waals surface area contributed by atoms with E-state index in [4.69, 9.17) is 9.84 Å². The van der Waals surface area contributed by atoms with Crippen LogP contribution in [-0.2, 0) is 9.84 Å². The number of hydrogen-bond acceptors (Lipinski definition) is 4. The normalized spacial score (nSPS) is 11.9. The van der Waals surface area contributed by atoms with E-state index in [1.165, 1.54) is 122 Å². The van der Waals surface area contributed by atoms with Crippen LogP contribution in [0.3, 0.4) is 0 Å². The molecule has 0 aliphatic heterocycles. The van der Waals surface area contributed by atoms with Crippen molar-refractivity contribution >= 4 is 22.0 Å². The molecule has 4 nitrogen and oxygen atoms in total. The third-order valence-corrected chi connectivity index (χ3v) is 11.5. The van der Waals surface area contributed by atoms with Crippen molar-refractivity contribution in [1.29, 1.82) is 0 Å². The average Bonchev–Trinajstić information content (AvgIpc) is 3.11. The summed E-state index contributed by atoms with van der Waals surface area (Å²) in [5.74, 6) is 1.10. The van der Waals surface area contributed by atoms with Gasteiger partial charge in [0.1, 0.15) is 5.75 Å². The van der Waals surface area contributed by atoms with Crippen molar-refractivity contribution in [1.82, 2.24) is 0 Å². The van der Waals surface area contributed by atoms with Gasteiger partial charge in [-0.3, -0.25) is 0 Å². The van der Waals surface area contributed by atoms with E-state index in [1.807, 2.05) is 36.4 Å². The predicted octanol–water partition coefficient (Wildman–Crippen LogP) is 13.2. The van der Waals surface area contributed by atoms with E-state index < -0.39 is 9.84 Å². The fourth-order valence-electron chi connectivity index (χ4n) is 6.43. The third kappa shape index (κ3) is 23.1. The lowest BCUT2D eigenvalue weighted by Gasteiger charge is -2.07. The molecule has 0 aliphatic carbocycles. The Balaban J connectivity index is 1.44. The number of hydrogen-bond donors (Lipinski definition) is 1. The molecule has 0 saturated heterocycles.